The Bertz CT molecular complexity index is 278. The van der Waals surface area contributed by atoms with Crippen molar-refractivity contribution in [2.24, 2.45) is 0 Å². The molecule has 1 fully saturated rings. The lowest BCUT2D eigenvalue weighted by Crippen LogP contribution is -2.43. The van der Waals surface area contributed by atoms with Crippen LogP contribution in [0.5, 0.6) is 0 Å². The van der Waals surface area contributed by atoms with Gasteiger partial charge in [0.05, 0.1) is 19.0 Å². The quantitative estimate of drug-likeness (QED) is 0.694. The van der Waals surface area contributed by atoms with Crippen LogP contribution in [0.3, 0.4) is 0 Å². The first kappa shape index (κ1) is 12.9. The molecular weight excluding hydrogens is 218 g/mol. The van der Waals surface area contributed by atoms with Crippen LogP contribution < -0.4 is 0 Å². The molecule has 1 saturated heterocycles. The third-order valence-electron chi connectivity index (χ3n) is 2.74. The average molecular weight is 237 g/mol. The number of rotatable bonds is 4. The molecule has 0 aromatic rings. The second-order valence-electron chi connectivity index (χ2n) is 3.84. The number of aliphatic hydroxyl groups excluding tert-OH is 2. The molecule has 1 atom stereocenters. The lowest BCUT2D eigenvalue weighted by molar-refractivity contribution is 0.185. The molecule has 5 nitrogen and oxygen atoms in total. The van der Waals surface area contributed by atoms with E-state index >= 15 is 0 Å². The first-order valence-electron chi connectivity index (χ1n) is 5.33. The van der Waals surface area contributed by atoms with Crippen LogP contribution >= 0.6 is 0 Å². The lowest BCUT2D eigenvalue weighted by Gasteiger charge is -2.27. The molecule has 0 aromatic heterocycles. The summed E-state index contributed by atoms with van der Waals surface area (Å²) >= 11 is 0. The standard InChI is InChI=1S/C9H19NO4S/c11-6-7-15(13,14)10-5-3-1-2-4-9(10)8-12/h9,11-12H,1-8H2. The molecule has 1 aliphatic rings. The predicted molar refractivity (Wildman–Crippen MR) is 56.9 cm³/mol. The van der Waals surface area contributed by atoms with Gasteiger partial charge in [0.25, 0.3) is 0 Å². The summed E-state index contributed by atoms with van der Waals surface area (Å²) in [4.78, 5) is 0. The normalized spacial score (nSPS) is 25.1. The molecule has 1 aliphatic heterocycles. The molecule has 2 N–H and O–H groups in total. The second kappa shape index (κ2) is 5.79. The molecule has 1 unspecified atom stereocenters. The van der Waals surface area contributed by atoms with Gasteiger partial charge in [0.15, 0.2) is 0 Å². The Hall–Kier alpha value is -0.170. The molecule has 90 valence electrons. The molecule has 1 heterocycles. The average Bonchev–Trinajstić information content (AvgIpc) is 2.42. The van der Waals surface area contributed by atoms with Gasteiger partial charge in [-0.3, -0.25) is 0 Å². The van der Waals surface area contributed by atoms with Crippen LogP contribution in [-0.2, 0) is 10.0 Å². The summed E-state index contributed by atoms with van der Waals surface area (Å²) in [6.07, 6.45) is 3.50. The smallest absolute Gasteiger partial charge is 0.216 e. The van der Waals surface area contributed by atoms with Gasteiger partial charge in [0.1, 0.15) is 0 Å². The van der Waals surface area contributed by atoms with Crippen molar-refractivity contribution in [2.75, 3.05) is 25.5 Å². The van der Waals surface area contributed by atoms with Gasteiger partial charge in [0, 0.05) is 12.6 Å². The minimum Gasteiger partial charge on any atom is -0.395 e. The molecule has 0 bridgehead atoms. The van der Waals surface area contributed by atoms with E-state index in [0.29, 0.717) is 13.0 Å². The molecule has 0 aliphatic carbocycles. The first-order chi connectivity index (χ1) is 7.11. The zero-order chi connectivity index (χ0) is 11.3. The van der Waals surface area contributed by atoms with E-state index in [4.69, 9.17) is 10.2 Å². The molecule has 0 aromatic carbocycles. The zero-order valence-electron chi connectivity index (χ0n) is 8.80. The Labute approximate surface area is 90.8 Å². The molecule has 0 radical (unpaired) electrons. The first-order valence-corrected chi connectivity index (χ1v) is 6.94. The fraction of sp³-hybridized carbons (Fsp3) is 1.00. The van der Waals surface area contributed by atoms with Crippen LogP contribution in [0.25, 0.3) is 0 Å². The third-order valence-corrected chi connectivity index (χ3v) is 4.63. The summed E-state index contributed by atoms with van der Waals surface area (Å²) in [5.41, 5.74) is 0. The molecule has 0 spiro atoms. The summed E-state index contributed by atoms with van der Waals surface area (Å²) in [5.74, 6) is -0.247. The molecule has 1 rings (SSSR count). The van der Waals surface area contributed by atoms with Crippen LogP contribution in [0.15, 0.2) is 0 Å². The summed E-state index contributed by atoms with van der Waals surface area (Å²) in [6.45, 7) is -0.0325. The van der Waals surface area contributed by atoms with Crippen molar-refractivity contribution < 1.29 is 18.6 Å². The maximum Gasteiger partial charge on any atom is 0.216 e. The van der Waals surface area contributed by atoms with Gasteiger partial charge in [-0.15, -0.1) is 0 Å². The van der Waals surface area contributed by atoms with E-state index in [2.05, 4.69) is 0 Å². The van der Waals surface area contributed by atoms with Crippen molar-refractivity contribution in [1.82, 2.24) is 4.31 Å². The summed E-state index contributed by atoms with van der Waals surface area (Å²) < 4.78 is 24.9. The van der Waals surface area contributed by atoms with E-state index in [1.54, 1.807) is 0 Å². The van der Waals surface area contributed by atoms with Gasteiger partial charge in [-0.2, -0.15) is 4.31 Å². The Morgan fingerprint density at radius 3 is 2.53 bits per heavy atom. The lowest BCUT2D eigenvalue weighted by atomic mass is 10.1. The van der Waals surface area contributed by atoms with Gasteiger partial charge < -0.3 is 10.2 Å². The minimum atomic E-state index is -3.39. The van der Waals surface area contributed by atoms with E-state index in [1.165, 1.54) is 4.31 Å². The number of hydrogen-bond donors (Lipinski definition) is 2. The molecule has 0 amide bonds. The van der Waals surface area contributed by atoms with Gasteiger partial charge in [-0.1, -0.05) is 12.8 Å². The van der Waals surface area contributed by atoms with Crippen LogP contribution in [0.4, 0.5) is 0 Å². The third kappa shape index (κ3) is 3.41. The highest BCUT2D eigenvalue weighted by molar-refractivity contribution is 7.89. The number of hydrogen-bond acceptors (Lipinski definition) is 4. The number of aliphatic hydroxyl groups is 2. The Balaban J connectivity index is 2.78. The fourth-order valence-corrected chi connectivity index (χ4v) is 3.43. The van der Waals surface area contributed by atoms with Gasteiger partial charge in [0.2, 0.25) is 10.0 Å². The minimum absolute atomic E-state index is 0.134. The SMILES string of the molecule is O=S(=O)(CCO)N1CCCCCC1CO. The van der Waals surface area contributed by atoms with E-state index < -0.39 is 10.0 Å². The largest absolute Gasteiger partial charge is 0.395 e. The van der Waals surface area contributed by atoms with Gasteiger partial charge in [-0.05, 0) is 12.8 Å². The Morgan fingerprint density at radius 2 is 1.93 bits per heavy atom. The van der Waals surface area contributed by atoms with Crippen molar-refractivity contribution in [3.05, 3.63) is 0 Å². The van der Waals surface area contributed by atoms with Gasteiger partial charge in [-0.25, -0.2) is 8.42 Å². The highest BCUT2D eigenvalue weighted by Crippen LogP contribution is 2.19. The van der Waals surface area contributed by atoms with Gasteiger partial charge >= 0.3 is 0 Å². The van der Waals surface area contributed by atoms with Crippen molar-refractivity contribution in [1.29, 1.82) is 0 Å². The fourth-order valence-electron chi connectivity index (χ4n) is 1.93. The summed E-state index contributed by atoms with van der Waals surface area (Å²) in [7, 11) is -3.39. The number of nitrogens with zero attached hydrogens (tertiary/aromatic N) is 1. The molecule has 6 heteroatoms. The summed E-state index contributed by atoms with van der Waals surface area (Å²) in [5, 5.41) is 17.8. The molecular formula is C9H19NO4S. The topological polar surface area (TPSA) is 77.8 Å². The second-order valence-corrected chi connectivity index (χ2v) is 5.88. The van der Waals surface area contributed by atoms with Crippen molar-refractivity contribution in [2.45, 2.75) is 31.7 Å². The van der Waals surface area contributed by atoms with Crippen LogP contribution in [-0.4, -0.2) is 54.5 Å². The predicted octanol–water partition coefficient (Wildman–Crippen LogP) is -0.455. The van der Waals surface area contributed by atoms with Crippen molar-refractivity contribution in [3.8, 4) is 0 Å². The van der Waals surface area contributed by atoms with Crippen molar-refractivity contribution >= 4 is 10.0 Å². The molecule has 15 heavy (non-hydrogen) atoms. The van der Waals surface area contributed by atoms with E-state index in [1.807, 2.05) is 0 Å². The van der Waals surface area contributed by atoms with E-state index in [0.717, 1.165) is 19.3 Å². The Morgan fingerprint density at radius 1 is 1.20 bits per heavy atom. The highest BCUT2D eigenvalue weighted by Gasteiger charge is 2.29. The monoisotopic (exact) mass is 237 g/mol. The zero-order valence-corrected chi connectivity index (χ0v) is 9.62. The summed E-state index contributed by atoms with van der Waals surface area (Å²) in [6, 6.07) is -0.302. The Kier molecular flexibility index (Phi) is 4.98. The highest BCUT2D eigenvalue weighted by atomic mass is 32.2. The molecule has 0 saturated carbocycles. The maximum atomic E-state index is 11.8. The maximum absolute atomic E-state index is 11.8. The van der Waals surface area contributed by atoms with Crippen LogP contribution in [0.2, 0.25) is 0 Å². The van der Waals surface area contributed by atoms with E-state index in [9.17, 15) is 8.42 Å². The van der Waals surface area contributed by atoms with E-state index in [-0.39, 0.29) is 25.0 Å². The number of sulfonamides is 1. The van der Waals surface area contributed by atoms with Crippen LogP contribution in [0, 0.1) is 0 Å². The van der Waals surface area contributed by atoms with Crippen molar-refractivity contribution in [3.63, 3.8) is 0 Å². The van der Waals surface area contributed by atoms with Crippen LogP contribution in [0.1, 0.15) is 25.7 Å².